The van der Waals surface area contributed by atoms with E-state index in [1.54, 1.807) is 13.1 Å². The third-order valence-electron chi connectivity index (χ3n) is 3.88. The summed E-state index contributed by atoms with van der Waals surface area (Å²) in [5, 5.41) is 8.78. The Balaban J connectivity index is 1.66. The van der Waals surface area contributed by atoms with Crippen LogP contribution < -0.4 is 5.56 Å². The van der Waals surface area contributed by atoms with Crippen molar-refractivity contribution in [3.8, 4) is 0 Å². The molecule has 24 heavy (non-hydrogen) atoms. The molecule has 0 aliphatic carbocycles. The second-order valence-electron chi connectivity index (χ2n) is 5.65. The van der Waals surface area contributed by atoms with Gasteiger partial charge in [-0.3, -0.25) is 4.79 Å². The van der Waals surface area contributed by atoms with Crippen molar-refractivity contribution in [3.05, 3.63) is 74.2 Å². The molecule has 2 aromatic heterocycles. The van der Waals surface area contributed by atoms with Gasteiger partial charge in [0.25, 0.3) is 5.56 Å². The van der Waals surface area contributed by atoms with Crippen LogP contribution in [0.15, 0.2) is 39.8 Å². The lowest BCUT2D eigenvalue weighted by molar-refractivity contribution is 0.358. The Bertz CT molecular complexity index is 900. The van der Waals surface area contributed by atoms with Gasteiger partial charge in [0.15, 0.2) is 5.82 Å². The number of nitrogens with zero attached hydrogens (tertiary/aromatic N) is 4. The lowest BCUT2D eigenvalue weighted by Gasteiger charge is -2.03. The molecule has 2 heterocycles. The van der Waals surface area contributed by atoms with Crippen LogP contribution in [0.5, 0.6) is 0 Å². The third kappa shape index (κ3) is 3.71. The molecule has 7 heteroatoms. The number of benzene rings is 1. The van der Waals surface area contributed by atoms with Crippen LogP contribution in [0.1, 0.15) is 28.4 Å². The van der Waals surface area contributed by atoms with Crippen LogP contribution in [0.25, 0.3) is 0 Å². The Kier molecular flexibility index (Phi) is 4.76. The fraction of sp³-hybridized carbons (Fsp3) is 0.294. The van der Waals surface area contributed by atoms with E-state index in [1.165, 1.54) is 4.68 Å². The molecule has 0 spiro atoms. The Morgan fingerprint density at radius 3 is 2.67 bits per heavy atom. The number of aryl methyl sites for hydroxylation is 3. The van der Waals surface area contributed by atoms with Crippen LogP contribution in [-0.4, -0.2) is 19.9 Å². The largest absolute Gasteiger partial charge is 0.337 e. The normalized spacial score (nSPS) is 11.0. The molecule has 124 valence electrons. The Hall–Kier alpha value is -2.47. The van der Waals surface area contributed by atoms with Crippen LogP contribution in [0.3, 0.4) is 0 Å². The first-order chi connectivity index (χ1) is 11.5. The number of rotatable bonds is 5. The maximum atomic E-state index is 12.1. The molecule has 3 aromatic rings. The van der Waals surface area contributed by atoms with E-state index in [2.05, 4.69) is 15.2 Å². The minimum atomic E-state index is -0.143. The van der Waals surface area contributed by atoms with Gasteiger partial charge in [0, 0.05) is 17.0 Å². The van der Waals surface area contributed by atoms with Gasteiger partial charge in [-0.15, -0.1) is 0 Å². The summed E-state index contributed by atoms with van der Waals surface area (Å²) in [6.45, 7) is 3.81. The number of hydrogen-bond acceptors (Lipinski definition) is 5. The smallest absolute Gasteiger partial charge is 0.270 e. The summed E-state index contributed by atoms with van der Waals surface area (Å²) in [5.41, 5.74) is 2.55. The molecule has 0 radical (unpaired) electrons. The van der Waals surface area contributed by atoms with E-state index in [0.717, 1.165) is 17.5 Å². The van der Waals surface area contributed by atoms with Crippen molar-refractivity contribution in [1.82, 2.24) is 19.9 Å². The summed E-state index contributed by atoms with van der Waals surface area (Å²) in [6, 6.07) is 7.66. The van der Waals surface area contributed by atoms with Gasteiger partial charge in [-0.2, -0.15) is 10.1 Å². The van der Waals surface area contributed by atoms with Gasteiger partial charge in [0.05, 0.1) is 6.20 Å². The molecule has 0 saturated carbocycles. The minimum Gasteiger partial charge on any atom is -0.337 e. The SMILES string of the molecule is Cc1cnn(Cc2nc(CCc3ccc(Cl)cc3)no2)c(=O)c1C. The Morgan fingerprint density at radius 2 is 1.92 bits per heavy atom. The quantitative estimate of drug-likeness (QED) is 0.711. The standard InChI is InChI=1S/C17H17ClN4O2/c1-11-9-19-22(17(23)12(11)2)10-16-20-15(21-24-16)8-5-13-3-6-14(18)7-4-13/h3-4,6-7,9H,5,8,10H2,1-2H3. The van der Waals surface area contributed by atoms with E-state index in [4.69, 9.17) is 16.1 Å². The number of hydrogen-bond donors (Lipinski definition) is 0. The van der Waals surface area contributed by atoms with Crippen molar-refractivity contribution in [2.24, 2.45) is 0 Å². The van der Waals surface area contributed by atoms with Crippen LogP contribution in [0.4, 0.5) is 0 Å². The third-order valence-corrected chi connectivity index (χ3v) is 4.14. The average molecular weight is 345 g/mol. The molecule has 3 rings (SSSR count). The summed E-state index contributed by atoms with van der Waals surface area (Å²) in [6.07, 6.45) is 3.10. The molecule has 0 atom stereocenters. The zero-order valence-electron chi connectivity index (χ0n) is 13.5. The van der Waals surface area contributed by atoms with E-state index < -0.39 is 0 Å². The number of halogens is 1. The zero-order valence-corrected chi connectivity index (χ0v) is 14.2. The maximum Gasteiger partial charge on any atom is 0.270 e. The molecule has 1 aromatic carbocycles. The second kappa shape index (κ2) is 6.97. The van der Waals surface area contributed by atoms with Crippen molar-refractivity contribution in [1.29, 1.82) is 0 Å². The summed E-state index contributed by atoms with van der Waals surface area (Å²) in [7, 11) is 0. The first-order valence-corrected chi connectivity index (χ1v) is 8.00. The van der Waals surface area contributed by atoms with E-state index in [1.807, 2.05) is 31.2 Å². The van der Waals surface area contributed by atoms with Crippen LogP contribution in [-0.2, 0) is 19.4 Å². The van der Waals surface area contributed by atoms with Crippen LogP contribution >= 0.6 is 11.6 Å². The van der Waals surface area contributed by atoms with Gasteiger partial charge >= 0.3 is 0 Å². The minimum absolute atomic E-state index is 0.143. The average Bonchev–Trinajstić information content (AvgIpc) is 3.02. The first-order valence-electron chi connectivity index (χ1n) is 7.62. The van der Waals surface area contributed by atoms with Crippen LogP contribution in [0, 0.1) is 13.8 Å². The second-order valence-corrected chi connectivity index (χ2v) is 6.08. The molecule has 6 nitrogen and oxygen atoms in total. The maximum absolute atomic E-state index is 12.1. The van der Waals surface area contributed by atoms with Gasteiger partial charge in [0.2, 0.25) is 5.89 Å². The van der Waals surface area contributed by atoms with Crippen molar-refractivity contribution >= 4 is 11.6 Å². The van der Waals surface area contributed by atoms with Gasteiger partial charge in [-0.25, -0.2) is 4.68 Å². The lowest BCUT2D eigenvalue weighted by Crippen LogP contribution is -2.26. The summed E-state index contributed by atoms with van der Waals surface area (Å²) in [4.78, 5) is 16.5. The van der Waals surface area contributed by atoms with E-state index >= 15 is 0 Å². The first kappa shape index (κ1) is 16.4. The molecular weight excluding hydrogens is 328 g/mol. The van der Waals surface area contributed by atoms with E-state index in [-0.39, 0.29) is 12.1 Å². The van der Waals surface area contributed by atoms with Crippen molar-refractivity contribution in [2.45, 2.75) is 33.2 Å². The molecule has 0 amide bonds. The fourth-order valence-corrected chi connectivity index (χ4v) is 2.40. The fourth-order valence-electron chi connectivity index (χ4n) is 2.27. The molecular formula is C17H17ClN4O2. The molecule has 0 fully saturated rings. The highest BCUT2D eigenvalue weighted by Crippen LogP contribution is 2.11. The van der Waals surface area contributed by atoms with Crippen LogP contribution in [0.2, 0.25) is 5.02 Å². The molecule has 0 N–H and O–H groups in total. The zero-order chi connectivity index (χ0) is 17.1. The highest BCUT2D eigenvalue weighted by Gasteiger charge is 2.10. The van der Waals surface area contributed by atoms with Crippen molar-refractivity contribution < 1.29 is 4.52 Å². The molecule has 0 saturated heterocycles. The monoisotopic (exact) mass is 344 g/mol. The van der Waals surface area contributed by atoms with E-state index in [9.17, 15) is 4.79 Å². The lowest BCUT2D eigenvalue weighted by atomic mass is 10.1. The Labute approximate surface area is 144 Å². The highest BCUT2D eigenvalue weighted by molar-refractivity contribution is 6.30. The highest BCUT2D eigenvalue weighted by atomic mass is 35.5. The van der Waals surface area contributed by atoms with Gasteiger partial charge in [0.1, 0.15) is 6.54 Å². The predicted molar refractivity (Wildman–Crippen MR) is 90.2 cm³/mol. The van der Waals surface area contributed by atoms with Gasteiger partial charge < -0.3 is 4.52 Å². The molecule has 0 aliphatic heterocycles. The number of aromatic nitrogens is 4. The predicted octanol–water partition coefficient (Wildman–Crippen LogP) is 2.73. The molecule has 0 aliphatic rings. The van der Waals surface area contributed by atoms with Crippen molar-refractivity contribution in [3.63, 3.8) is 0 Å². The van der Waals surface area contributed by atoms with Crippen molar-refractivity contribution in [2.75, 3.05) is 0 Å². The molecule has 0 bridgehead atoms. The summed E-state index contributed by atoms with van der Waals surface area (Å²) >= 11 is 5.87. The van der Waals surface area contributed by atoms with E-state index in [0.29, 0.717) is 28.7 Å². The van der Waals surface area contributed by atoms with Gasteiger partial charge in [-0.05, 0) is 43.5 Å². The summed E-state index contributed by atoms with van der Waals surface area (Å²) in [5.74, 6) is 0.982. The van der Waals surface area contributed by atoms with Gasteiger partial charge in [-0.1, -0.05) is 28.9 Å². The summed E-state index contributed by atoms with van der Waals surface area (Å²) < 4.78 is 6.55. The Morgan fingerprint density at radius 1 is 1.17 bits per heavy atom. The topological polar surface area (TPSA) is 73.8 Å². The molecule has 0 unspecified atom stereocenters.